The fourth-order valence-corrected chi connectivity index (χ4v) is 2.65. The number of nitrogens with one attached hydrogen (secondary N) is 2. The number of aromatic nitrogens is 1. The quantitative estimate of drug-likeness (QED) is 0.673. The number of thioether (sulfide) groups is 1. The molecule has 0 aliphatic heterocycles. The van der Waals surface area contributed by atoms with Crippen LogP contribution in [0.15, 0.2) is 47.6 Å². The first-order valence-electron chi connectivity index (χ1n) is 7.61. The maximum Gasteiger partial charge on any atom is 0.319 e. The Balaban J connectivity index is 1.78. The SMILES string of the molecule is CCSc1ccc(NC(=O)NCCc2cccc(C(N)=O)c2)cn1. The van der Waals surface area contributed by atoms with E-state index in [1.165, 1.54) is 0 Å². The summed E-state index contributed by atoms with van der Waals surface area (Å²) in [6.45, 7) is 2.51. The highest BCUT2D eigenvalue weighted by atomic mass is 32.2. The number of urea groups is 1. The zero-order valence-electron chi connectivity index (χ0n) is 13.4. The summed E-state index contributed by atoms with van der Waals surface area (Å²) in [7, 11) is 0. The Bertz CT molecular complexity index is 704. The first-order valence-corrected chi connectivity index (χ1v) is 8.59. The van der Waals surface area contributed by atoms with Crippen LogP contribution in [0.25, 0.3) is 0 Å². The van der Waals surface area contributed by atoms with E-state index >= 15 is 0 Å². The molecule has 0 unspecified atom stereocenters. The van der Waals surface area contributed by atoms with Crippen LogP contribution in [0.3, 0.4) is 0 Å². The summed E-state index contributed by atoms with van der Waals surface area (Å²) in [5.41, 5.74) is 7.30. The van der Waals surface area contributed by atoms with E-state index < -0.39 is 5.91 Å². The zero-order chi connectivity index (χ0) is 17.4. The van der Waals surface area contributed by atoms with Crippen LogP contribution < -0.4 is 16.4 Å². The van der Waals surface area contributed by atoms with Crippen LogP contribution in [0.2, 0.25) is 0 Å². The second kappa shape index (κ2) is 8.93. The number of rotatable bonds is 7. The van der Waals surface area contributed by atoms with Gasteiger partial charge >= 0.3 is 6.03 Å². The van der Waals surface area contributed by atoms with Crippen molar-refractivity contribution in [1.82, 2.24) is 10.3 Å². The molecule has 126 valence electrons. The number of benzene rings is 1. The Morgan fingerprint density at radius 1 is 1.25 bits per heavy atom. The molecule has 0 radical (unpaired) electrons. The highest BCUT2D eigenvalue weighted by molar-refractivity contribution is 7.99. The van der Waals surface area contributed by atoms with Crippen molar-refractivity contribution in [1.29, 1.82) is 0 Å². The van der Waals surface area contributed by atoms with Gasteiger partial charge in [0.15, 0.2) is 0 Å². The molecule has 24 heavy (non-hydrogen) atoms. The van der Waals surface area contributed by atoms with Gasteiger partial charge in [-0.2, -0.15) is 0 Å². The molecule has 0 saturated heterocycles. The second-order valence-corrected chi connectivity index (χ2v) is 6.30. The van der Waals surface area contributed by atoms with E-state index in [1.807, 2.05) is 18.2 Å². The molecular formula is C17H20N4O2S. The van der Waals surface area contributed by atoms with Crippen LogP contribution in [0, 0.1) is 0 Å². The van der Waals surface area contributed by atoms with Crippen molar-refractivity contribution in [2.24, 2.45) is 5.73 Å². The monoisotopic (exact) mass is 344 g/mol. The van der Waals surface area contributed by atoms with Gasteiger partial charge in [0.2, 0.25) is 5.91 Å². The molecule has 3 amide bonds. The lowest BCUT2D eigenvalue weighted by Gasteiger charge is -2.08. The van der Waals surface area contributed by atoms with E-state index in [0.717, 1.165) is 16.3 Å². The van der Waals surface area contributed by atoms with Crippen molar-refractivity contribution in [3.63, 3.8) is 0 Å². The largest absolute Gasteiger partial charge is 0.366 e. The molecule has 0 atom stereocenters. The van der Waals surface area contributed by atoms with Gasteiger partial charge in [0.25, 0.3) is 0 Å². The van der Waals surface area contributed by atoms with Crippen molar-refractivity contribution in [3.8, 4) is 0 Å². The van der Waals surface area contributed by atoms with Gasteiger partial charge in [-0.15, -0.1) is 11.8 Å². The smallest absolute Gasteiger partial charge is 0.319 e. The average Bonchev–Trinajstić information content (AvgIpc) is 2.57. The maximum atomic E-state index is 11.9. The highest BCUT2D eigenvalue weighted by Gasteiger charge is 2.04. The average molecular weight is 344 g/mol. The minimum Gasteiger partial charge on any atom is -0.366 e. The van der Waals surface area contributed by atoms with E-state index in [0.29, 0.717) is 24.2 Å². The van der Waals surface area contributed by atoms with Gasteiger partial charge in [0.05, 0.1) is 16.9 Å². The topological polar surface area (TPSA) is 97.1 Å². The van der Waals surface area contributed by atoms with Crippen LogP contribution in [0.1, 0.15) is 22.8 Å². The number of anilines is 1. The molecule has 4 N–H and O–H groups in total. The zero-order valence-corrected chi connectivity index (χ0v) is 14.2. The number of carbonyl (C=O) groups is 2. The Morgan fingerprint density at radius 2 is 2.08 bits per heavy atom. The van der Waals surface area contributed by atoms with Crippen molar-refractivity contribution >= 4 is 29.4 Å². The molecule has 0 aliphatic carbocycles. The molecule has 0 fully saturated rings. The first kappa shape index (κ1) is 17.8. The molecule has 7 heteroatoms. The number of nitrogens with zero attached hydrogens (tertiary/aromatic N) is 1. The minimum atomic E-state index is -0.459. The number of hydrogen-bond donors (Lipinski definition) is 3. The Morgan fingerprint density at radius 3 is 2.75 bits per heavy atom. The fourth-order valence-electron chi connectivity index (χ4n) is 2.06. The predicted octanol–water partition coefficient (Wildman–Crippen LogP) is 2.66. The number of primary amides is 1. The van der Waals surface area contributed by atoms with Crippen LogP contribution in [-0.4, -0.2) is 29.2 Å². The summed E-state index contributed by atoms with van der Waals surface area (Å²) in [6, 6.07) is 10.5. The summed E-state index contributed by atoms with van der Waals surface area (Å²) >= 11 is 1.65. The van der Waals surface area contributed by atoms with Crippen LogP contribution in [-0.2, 0) is 6.42 Å². The summed E-state index contributed by atoms with van der Waals surface area (Å²) in [6.07, 6.45) is 2.24. The highest BCUT2D eigenvalue weighted by Crippen LogP contribution is 2.16. The second-order valence-electron chi connectivity index (χ2n) is 5.01. The Labute approximate surface area is 145 Å². The van der Waals surface area contributed by atoms with E-state index in [4.69, 9.17) is 5.73 Å². The lowest BCUT2D eigenvalue weighted by Crippen LogP contribution is -2.30. The van der Waals surface area contributed by atoms with Gasteiger partial charge in [-0.3, -0.25) is 4.79 Å². The van der Waals surface area contributed by atoms with E-state index in [2.05, 4.69) is 22.5 Å². The van der Waals surface area contributed by atoms with Crippen molar-refractivity contribution in [2.45, 2.75) is 18.4 Å². The minimum absolute atomic E-state index is 0.293. The summed E-state index contributed by atoms with van der Waals surface area (Å²) < 4.78 is 0. The molecule has 0 aliphatic rings. The third kappa shape index (κ3) is 5.58. The number of carbonyl (C=O) groups excluding carboxylic acids is 2. The molecule has 0 bridgehead atoms. The van der Waals surface area contributed by atoms with Gasteiger partial charge in [-0.05, 0) is 42.0 Å². The molecule has 2 rings (SSSR count). The van der Waals surface area contributed by atoms with Crippen LogP contribution >= 0.6 is 11.8 Å². The maximum absolute atomic E-state index is 11.9. The molecule has 0 saturated carbocycles. The summed E-state index contributed by atoms with van der Waals surface area (Å²) in [5, 5.41) is 6.43. The predicted molar refractivity (Wildman–Crippen MR) is 96.3 cm³/mol. The molecular weight excluding hydrogens is 324 g/mol. The number of hydrogen-bond acceptors (Lipinski definition) is 4. The molecule has 6 nitrogen and oxygen atoms in total. The van der Waals surface area contributed by atoms with Gasteiger partial charge in [-0.25, -0.2) is 9.78 Å². The van der Waals surface area contributed by atoms with Crippen LogP contribution in [0.4, 0.5) is 10.5 Å². The van der Waals surface area contributed by atoms with Crippen molar-refractivity contribution in [3.05, 3.63) is 53.7 Å². The first-order chi connectivity index (χ1) is 11.6. The molecule has 1 aromatic heterocycles. The van der Waals surface area contributed by atoms with E-state index in [1.54, 1.807) is 36.2 Å². The standard InChI is InChI=1S/C17H20N4O2S/c1-2-24-15-7-6-14(11-20-15)21-17(23)19-9-8-12-4-3-5-13(10-12)16(18)22/h3-7,10-11H,2,8-9H2,1H3,(H2,18,22)(H2,19,21,23). The normalized spacial score (nSPS) is 10.2. The Hall–Kier alpha value is -2.54. The molecule has 2 aromatic rings. The van der Waals surface area contributed by atoms with Crippen LogP contribution in [0.5, 0.6) is 0 Å². The number of nitrogens with two attached hydrogens (primary N) is 1. The lowest BCUT2D eigenvalue weighted by atomic mass is 10.1. The summed E-state index contributed by atoms with van der Waals surface area (Å²) in [4.78, 5) is 27.2. The molecule has 1 heterocycles. The van der Waals surface area contributed by atoms with Gasteiger partial charge in [0.1, 0.15) is 0 Å². The van der Waals surface area contributed by atoms with Gasteiger partial charge in [0, 0.05) is 12.1 Å². The molecule has 1 aromatic carbocycles. The van der Waals surface area contributed by atoms with Crippen molar-refractivity contribution < 1.29 is 9.59 Å². The Kier molecular flexibility index (Phi) is 6.62. The van der Waals surface area contributed by atoms with E-state index in [-0.39, 0.29) is 6.03 Å². The van der Waals surface area contributed by atoms with Crippen molar-refractivity contribution in [2.75, 3.05) is 17.6 Å². The lowest BCUT2D eigenvalue weighted by molar-refractivity contribution is 0.1000. The third-order valence-electron chi connectivity index (χ3n) is 3.20. The van der Waals surface area contributed by atoms with Gasteiger partial charge < -0.3 is 16.4 Å². The fraction of sp³-hybridized carbons (Fsp3) is 0.235. The summed E-state index contributed by atoms with van der Waals surface area (Å²) in [5.74, 6) is 0.497. The van der Waals surface area contributed by atoms with Gasteiger partial charge in [-0.1, -0.05) is 19.1 Å². The third-order valence-corrected chi connectivity index (χ3v) is 4.02. The number of pyridine rings is 1. The van der Waals surface area contributed by atoms with E-state index in [9.17, 15) is 9.59 Å². The number of amides is 3. The molecule has 0 spiro atoms.